The largest absolute Gasteiger partial charge is 0.219 e. The third-order valence-corrected chi connectivity index (χ3v) is 5.35. The van der Waals surface area contributed by atoms with Crippen LogP contribution in [0, 0.1) is 5.41 Å². The van der Waals surface area contributed by atoms with Crippen molar-refractivity contribution in [1.82, 2.24) is 0 Å². The predicted octanol–water partition coefficient (Wildman–Crippen LogP) is 7.63. The SMILES string of the molecule is CCCC(CCC)(CCC)CCCCCCCCCCCOOOO. The number of hydrogen-bond donors (Lipinski definition) is 1. The lowest BCUT2D eigenvalue weighted by molar-refractivity contribution is -0.623. The highest BCUT2D eigenvalue weighted by Crippen LogP contribution is 2.40. The van der Waals surface area contributed by atoms with E-state index < -0.39 is 0 Å². The topological polar surface area (TPSA) is 47.9 Å². The summed E-state index contributed by atoms with van der Waals surface area (Å²) in [7, 11) is 0. The summed E-state index contributed by atoms with van der Waals surface area (Å²) >= 11 is 0. The van der Waals surface area contributed by atoms with Crippen molar-refractivity contribution >= 4 is 0 Å². The van der Waals surface area contributed by atoms with Gasteiger partial charge in [-0.15, -0.1) is 0 Å². The first-order valence-corrected chi connectivity index (χ1v) is 10.8. The highest BCUT2D eigenvalue weighted by atomic mass is 17.6. The molecule has 25 heavy (non-hydrogen) atoms. The Labute approximate surface area is 156 Å². The van der Waals surface area contributed by atoms with Crippen molar-refractivity contribution in [2.24, 2.45) is 5.41 Å². The first-order chi connectivity index (χ1) is 12.2. The van der Waals surface area contributed by atoms with Crippen molar-refractivity contribution in [2.45, 2.75) is 124 Å². The van der Waals surface area contributed by atoms with E-state index in [1.165, 1.54) is 89.9 Å². The molecule has 0 rings (SSSR count). The Hall–Kier alpha value is -0.160. The molecule has 0 aromatic heterocycles. The molecular weight excluding hydrogens is 316 g/mol. The number of unbranched alkanes of at least 4 members (excludes halogenated alkanes) is 8. The van der Waals surface area contributed by atoms with Crippen LogP contribution in [-0.4, -0.2) is 11.9 Å². The van der Waals surface area contributed by atoms with Gasteiger partial charge < -0.3 is 0 Å². The first-order valence-electron chi connectivity index (χ1n) is 10.8. The molecule has 1 N–H and O–H groups in total. The molecule has 0 unspecified atom stereocenters. The smallest absolute Gasteiger partial charge is 0.0854 e. The summed E-state index contributed by atoms with van der Waals surface area (Å²) in [4.78, 5) is 4.56. The minimum atomic E-state index is 0.468. The van der Waals surface area contributed by atoms with Crippen molar-refractivity contribution in [3.63, 3.8) is 0 Å². The Balaban J connectivity index is 3.56. The van der Waals surface area contributed by atoms with Gasteiger partial charge in [-0.1, -0.05) is 91.4 Å². The summed E-state index contributed by atoms with van der Waals surface area (Å²) in [5.74, 6) is 0. The van der Waals surface area contributed by atoms with Crippen LogP contribution in [0.4, 0.5) is 0 Å². The van der Waals surface area contributed by atoms with Gasteiger partial charge in [-0.2, -0.15) is 0 Å². The van der Waals surface area contributed by atoms with Gasteiger partial charge in [0, 0.05) is 0 Å². The second-order valence-corrected chi connectivity index (χ2v) is 7.65. The minimum Gasteiger partial charge on any atom is -0.219 e. The molecule has 0 aliphatic heterocycles. The van der Waals surface area contributed by atoms with Crippen LogP contribution in [0.1, 0.15) is 124 Å². The number of rotatable bonds is 20. The third kappa shape index (κ3) is 14.7. The second kappa shape index (κ2) is 18.6. The molecule has 0 aromatic rings. The quantitative estimate of drug-likeness (QED) is 0.138. The third-order valence-electron chi connectivity index (χ3n) is 5.35. The molecule has 0 spiro atoms. The fraction of sp³-hybridized carbons (Fsp3) is 1.00. The zero-order chi connectivity index (χ0) is 18.6. The lowest BCUT2D eigenvalue weighted by atomic mass is 9.72. The fourth-order valence-corrected chi connectivity index (χ4v) is 4.29. The summed E-state index contributed by atoms with van der Waals surface area (Å²) in [6.07, 6.45) is 21.3. The van der Waals surface area contributed by atoms with E-state index in [0.29, 0.717) is 12.0 Å². The van der Waals surface area contributed by atoms with Crippen LogP contribution in [0.3, 0.4) is 0 Å². The van der Waals surface area contributed by atoms with Crippen LogP contribution in [0.5, 0.6) is 0 Å². The van der Waals surface area contributed by atoms with Crippen LogP contribution in [0.2, 0.25) is 0 Å². The van der Waals surface area contributed by atoms with Crippen molar-refractivity contribution in [3.8, 4) is 0 Å². The van der Waals surface area contributed by atoms with E-state index in [2.05, 4.69) is 35.7 Å². The minimum absolute atomic E-state index is 0.468. The van der Waals surface area contributed by atoms with E-state index in [0.717, 1.165) is 12.8 Å². The van der Waals surface area contributed by atoms with Gasteiger partial charge in [-0.05, 0) is 47.6 Å². The Morgan fingerprint density at radius 1 is 0.600 bits per heavy atom. The Morgan fingerprint density at radius 3 is 1.48 bits per heavy atom. The van der Waals surface area contributed by atoms with Crippen LogP contribution >= 0.6 is 0 Å². The Morgan fingerprint density at radius 2 is 1.04 bits per heavy atom. The molecule has 152 valence electrons. The molecule has 0 bridgehead atoms. The average molecular weight is 361 g/mol. The van der Waals surface area contributed by atoms with Gasteiger partial charge in [0.05, 0.1) is 6.61 Å². The molecule has 0 amide bonds. The van der Waals surface area contributed by atoms with Gasteiger partial charge in [-0.3, -0.25) is 0 Å². The lowest BCUT2D eigenvalue weighted by Crippen LogP contribution is -2.20. The van der Waals surface area contributed by atoms with Gasteiger partial charge in [0.2, 0.25) is 0 Å². The van der Waals surface area contributed by atoms with Crippen LogP contribution < -0.4 is 0 Å². The van der Waals surface area contributed by atoms with E-state index in [1.54, 1.807) is 0 Å². The summed E-state index contributed by atoms with van der Waals surface area (Å²) in [5, 5.41) is 15.2. The first kappa shape index (κ1) is 24.8. The molecule has 0 saturated carbocycles. The second-order valence-electron chi connectivity index (χ2n) is 7.65. The van der Waals surface area contributed by atoms with E-state index in [9.17, 15) is 0 Å². The van der Waals surface area contributed by atoms with Crippen molar-refractivity contribution < 1.29 is 20.2 Å². The summed E-state index contributed by atoms with van der Waals surface area (Å²) in [5.41, 5.74) is 0.644. The van der Waals surface area contributed by atoms with E-state index >= 15 is 0 Å². The maximum absolute atomic E-state index is 7.90. The van der Waals surface area contributed by atoms with E-state index in [-0.39, 0.29) is 0 Å². The molecule has 4 nitrogen and oxygen atoms in total. The molecule has 0 aliphatic rings. The molecule has 0 atom stereocenters. The van der Waals surface area contributed by atoms with Gasteiger partial charge >= 0.3 is 0 Å². The van der Waals surface area contributed by atoms with Gasteiger partial charge in [0.25, 0.3) is 0 Å². The maximum atomic E-state index is 7.90. The van der Waals surface area contributed by atoms with Crippen molar-refractivity contribution in [2.75, 3.05) is 6.61 Å². The van der Waals surface area contributed by atoms with Crippen LogP contribution in [0.25, 0.3) is 0 Å². The molecule has 0 saturated heterocycles. The molecule has 0 radical (unpaired) electrons. The molecular formula is C21H44O4. The van der Waals surface area contributed by atoms with Crippen molar-refractivity contribution in [3.05, 3.63) is 0 Å². The van der Waals surface area contributed by atoms with Crippen LogP contribution in [-0.2, 0) is 15.0 Å². The average Bonchev–Trinajstić information content (AvgIpc) is 2.60. The highest BCUT2D eigenvalue weighted by Gasteiger charge is 2.26. The standard InChI is InChI=1S/C21H44O4/c1-4-16-21(17-5-2,18-6-3)19-14-12-10-8-7-9-11-13-15-20-23-25-24-22/h22H,4-20H2,1-3H3. The van der Waals surface area contributed by atoms with Crippen molar-refractivity contribution in [1.29, 1.82) is 0 Å². The fourth-order valence-electron chi connectivity index (χ4n) is 4.29. The molecule has 0 aliphatic carbocycles. The van der Waals surface area contributed by atoms with Gasteiger partial charge in [-0.25, -0.2) is 10.1 Å². The maximum Gasteiger partial charge on any atom is 0.0854 e. The van der Waals surface area contributed by atoms with E-state index in [1.807, 2.05) is 0 Å². The summed E-state index contributed by atoms with van der Waals surface area (Å²) < 4.78 is 0. The Bertz CT molecular complexity index is 241. The zero-order valence-electron chi connectivity index (χ0n) is 17.2. The zero-order valence-corrected chi connectivity index (χ0v) is 17.2. The Kier molecular flexibility index (Phi) is 18.5. The monoisotopic (exact) mass is 360 g/mol. The van der Waals surface area contributed by atoms with Crippen LogP contribution in [0.15, 0.2) is 0 Å². The van der Waals surface area contributed by atoms with Gasteiger partial charge in [0.1, 0.15) is 0 Å². The summed E-state index contributed by atoms with van der Waals surface area (Å²) in [6.45, 7) is 7.51. The normalized spacial score (nSPS) is 12.0. The lowest BCUT2D eigenvalue weighted by Gasteiger charge is -2.34. The van der Waals surface area contributed by atoms with E-state index in [4.69, 9.17) is 5.26 Å². The molecule has 0 heterocycles. The predicted molar refractivity (Wildman–Crippen MR) is 104 cm³/mol. The molecule has 0 fully saturated rings. The highest BCUT2D eigenvalue weighted by molar-refractivity contribution is 4.78. The van der Waals surface area contributed by atoms with Gasteiger partial charge in [0.15, 0.2) is 0 Å². The molecule has 4 heteroatoms. The molecule has 0 aromatic carbocycles. The number of hydrogen-bond acceptors (Lipinski definition) is 4. The summed E-state index contributed by atoms with van der Waals surface area (Å²) in [6, 6.07) is 0.